The highest BCUT2D eigenvalue weighted by Gasteiger charge is 2.02. The molecule has 0 aromatic rings. The largest absolute Gasteiger partial charge is 0.463 e. The van der Waals surface area contributed by atoms with E-state index in [0.29, 0.717) is 19.6 Å². The number of carbonyl (C=O) groups excluding carboxylic acids is 1. The molecule has 0 aliphatic carbocycles. The Morgan fingerprint density at radius 1 is 0.548 bits per heavy atom. The topological polar surface area (TPSA) is 35.5 Å². The van der Waals surface area contributed by atoms with Gasteiger partial charge in [0.25, 0.3) is 0 Å². The summed E-state index contributed by atoms with van der Waals surface area (Å²) in [5.74, 6) is -0.0693. The summed E-state index contributed by atoms with van der Waals surface area (Å²) in [6.45, 7) is 6.12. The maximum atomic E-state index is 11.6. The lowest BCUT2D eigenvalue weighted by Crippen LogP contribution is -2.10. The third kappa shape index (κ3) is 27.1. The highest BCUT2D eigenvalue weighted by molar-refractivity contribution is 5.69. The van der Waals surface area contributed by atoms with Crippen LogP contribution in [0.25, 0.3) is 0 Å². The van der Waals surface area contributed by atoms with E-state index in [9.17, 15) is 4.79 Å². The van der Waals surface area contributed by atoms with E-state index in [2.05, 4.69) is 26.0 Å². The Morgan fingerprint density at radius 2 is 1.03 bits per heavy atom. The highest BCUT2D eigenvalue weighted by Crippen LogP contribution is 2.12. The lowest BCUT2D eigenvalue weighted by atomic mass is 10.1. The van der Waals surface area contributed by atoms with Gasteiger partial charge < -0.3 is 9.47 Å². The van der Waals surface area contributed by atoms with Gasteiger partial charge in [0.15, 0.2) is 0 Å². The number of unbranched alkanes of at least 4 members (excludes halogenated alkanes) is 16. The number of esters is 1. The molecule has 0 saturated carbocycles. The van der Waals surface area contributed by atoms with Crippen molar-refractivity contribution in [1.82, 2.24) is 0 Å². The number of hydrogen-bond acceptors (Lipinski definition) is 3. The molecular formula is C28H54O3. The number of ether oxygens (including phenoxy) is 2. The Morgan fingerprint density at radius 3 is 1.58 bits per heavy atom. The van der Waals surface area contributed by atoms with Gasteiger partial charge in [-0.3, -0.25) is 4.79 Å². The third-order valence-electron chi connectivity index (χ3n) is 5.78. The first kappa shape index (κ1) is 30.2. The van der Waals surface area contributed by atoms with Gasteiger partial charge in [0.05, 0.1) is 6.61 Å². The summed E-state index contributed by atoms with van der Waals surface area (Å²) in [7, 11) is 0. The molecule has 0 aromatic heterocycles. The molecule has 0 bridgehead atoms. The Bertz CT molecular complexity index is 378. The summed E-state index contributed by atoms with van der Waals surface area (Å²) in [5.41, 5.74) is 0. The van der Waals surface area contributed by atoms with Crippen molar-refractivity contribution in [1.29, 1.82) is 0 Å². The van der Waals surface area contributed by atoms with E-state index in [1.807, 2.05) is 0 Å². The number of rotatable bonds is 25. The van der Waals surface area contributed by atoms with Gasteiger partial charge in [0.1, 0.15) is 6.61 Å². The minimum atomic E-state index is -0.0693. The van der Waals surface area contributed by atoms with Gasteiger partial charge in [-0.2, -0.15) is 0 Å². The Hall–Kier alpha value is -0.830. The number of allylic oxidation sites excluding steroid dienone is 2. The molecule has 184 valence electrons. The van der Waals surface area contributed by atoms with Crippen LogP contribution in [0.15, 0.2) is 12.2 Å². The minimum Gasteiger partial charge on any atom is -0.463 e. The van der Waals surface area contributed by atoms with E-state index in [-0.39, 0.29) is 5.97 Å². The van der Waals surface area contributed by atoms with Gasteiger partial charge in [0.2, 0.25) is 0 Å². The molecule has 3 heteroatoms. The van der Waals surface area contributed by atoms with Crippen molar-refractivity contribution >= 4 is 5.97 Å². The van der Waals surface area contributed by atoms with Crippen molar-refractivity contribution in [2.75, 3.05) is 19.8 Å². The molecule has 0 aromatic carbocycles. The summed E-state index contributed by atoms with van der Waals surface area (Å²) >= 11 is 0. The fourth-order valence-electron chi connectivity index (χ4n) is 3.68. The van der Waals surface area contributed by atoms with Crippen molar-refractivity contribution in [2.24, 2.45) is 0 Å². The lowest BCUT2D eigenvalue weighted by molar-refractivity contribution is -0.145. The standard InChI is InChI=1S/C28H54O3/c1-3-5-7-8-9-10-11-12-13-14-15-16-17-18-19-20-21-22-23-24-28(29)31-27-26-30-25-6-4-2/h12-13H,3-11,14-27H2,1-2H3. The van der Waals surface area contributed by atoms with Crippen LogP contribution in [0, 0.1) is 0 Å². The zero-order valence-electron chi connectivity index (χ0n) is 21.1. The zero-order valence-corrected chi connectivity index (χ0v) is 21.1. The molecule has 0 heterocycles. The molecule has 0 N–H and O–H groups in total. The van der Waals surface area contributed by atoms with Gasteiger partial charge in [-0.25, -0.2) is 0 Å². The van der Waals surface area contributed by atoms with Gasteiger partial charge >= 0.3 is 5.97 Å². The van der Waals surface area contributed by atoms with Crippen molar-refractivity contribution in [3.05, 3.63) is 12.2 Å². The lowest BCUT2D eigenvalue weighted by Gasteiger charge is -2.06. The molecule has 0 fully saturated rings. The first-order valence-electron chi connectivity index (χ1n) is 13.7. The maximum absolute atomic E-state index is 11.6. The molecular weight excluding hydrogens is 384 g/mol. The quantitative estimate of drug-likeness (QED) is 0.0810. The predicted molar refractivity (Wildman–Crippen MR) is 135 cm³/mol. The fourth-order valence-corrected chi connectivity index (χ4v) is 3.68. The van der Waals surface area contributed by atoms with Crippen molar-refractivity contribution in [3.8, 4) is 0 Å². The molecule has 0 amide bonds. The molecule has 0 unspecified atom stereocenters. The van der Waals surface area contributed by atoms with Crippen LogP contribution in [0.5, 0.6) is 0 Å². The third-order valence-corrected chi connectivity index (χ3v) is 5.78. The second-order valence-electron chi connectivity index (χ2n) is 8.93. The summed E-state index contributed by atoms with van der Waals surface area (Å²) in [6.07, 6.45) is 29.9. The molecule has 0 saturated heterocycles. The van der Waals surface area contributed by atoms with Crippen LogP contribution >= 0.6 is 0 Å². The highest BCUT2D eigenvalue weighted by atomic mass is 16.6. The van der Waals surface area contributed by atoms with E-state index in [1.165, 1.54) is 96.3 Å². The van der Waals surface area contributed by atoms with Gasteiger partial charge in [-0.15, -0.1) is 0 Å². The SMILES string of the molecule is CCCCCCCCC=CCCCCCCCCCCCC(=O)OCCOCCCC. The second kappa shape index (κ2) is 27.2. The van der Waals surface area contributed by atoms with Crippen molar-refractivity contribution in [3.63, 3.8) is 0 Å². The van der Waals surface area contributed by atoms with E-state index in [0.717, 1.165) is 32.3 Å². The Labute approximate surface area is 194 Å². The van der Waals surface area contributed by atoms with Crippen molar-refractivity contribution < 1.29 is 14.3 Å². The van der Waals surface area contributed by atoms with Crippen molar-refractivity contribution in [2.45, 2.75) is 142 Å². The number of hydrogen-bond donors (Lipinski definition) is 0. The summed E-state index contributed by atoms with van der Waals surface area (Å²) in [4.78, 5) is 11.6. The second-order valence-corrected chi connectivity index (χ2v) is 8.93. The van der Waals surface area contributed by atoms with Gasteiger partial charge in [-0.05, 0) is 38.5 Å². The van der Waals surface area contributed by atoms with E-state index in [1.54, 1.807) is 0 Å². The first-order chi connectivity index (χ1) is 15.3. The fraction of sp³-hybridized carbons (Fsp3) is 0.893. The van der Waals surface area contributed by atoms with Crippen LogP contribution in [0.2, 0.25) is 0 Å². The first-order valence-corrected chi connectivity index (χ1v) is 13.7. The summed E-state index contributed by atoms with van der Waals surface area (Å²) < 4.78 is 10.6. The molecule has 0 aliphatic rings. The van der Waals surface area contributed by atoms with E-state index < -0.39 is 0 Å². The van der Waals surface area contributed by atoms with Crippen LogP contribution in [-0.4, -0.2) is 25.8 Å². The van der Waals surface area contributed by atoms with Crippen LogP contribution in [0.3, 0.4) is 0 Å². The minimum absolute atomic E-state index is 0.0693. The average molecular weight is 439 g/mol. The monoisotopic (exact) mass is 438 g/mol. The van der Waals surface area contributed by atoms with E-state index >= 15 is 0 Å². The van der Waals surface area contributed by atoms with Gasteiger partial charge in [-0.1, -0.05) is 109 Å². The molecule has 0 atom stereocenters. The van der Waals surface area contributed by atoms with Crippen LogP contribution in [-0.2, 0) is 14.3 Å². The molecule has 0 rings (SSSR count). The Kier molecular flexibility index (Phi) is 26.5. The summed E-state index contributed by atoms with van der Waals surface area (Å²) in [6, 6.07) is 0. The maximum Gasteiger partial charge on any atom is 0.305 e. The predicted octanol–water partition coefficient (Wildman–Crippen LogP) is 8.94. The van der Waals surface area contributed by atoms with E-state index in [4.69, 9.17) is 9.47 Å². The van der Waals surface area contributed by atoms with Crippen LogP contribution in [0.4, 0.5) is 0 Å². The molecule has 31 heavy (non-hydrogen) atoms. The normalized spacial score (nSPS) is 11.4. The molecule has 0 radical (unpaired) electrons. The zero-order chi connectivity index (χ0) is 22.7. The molecule has 0 aliphatic heterocycles. The Balaban J connectivity index is 3.16. The van der Waals surface area contributed by atoms with Gasteiger partial charge in [0, 0.05) is 13.0 Å². The summed E-state index contributed by atoms with van der Waals surface area (Å²) in [5, 5.41) is 0. The van der Waals surface area contributed by atoms with Crippen LogP contribution in [0.1, 0.15) is 142 Å². The molecule has 3 nitrogen and oxygen atoms in total. The van der Waals surface area contributed by atoms with Crippen LogP contribution < -0.4 is 0 Å². The smallest absolute Gasteiger partial charge is 0.305 e. The average Bonchev–Trinajstić information content (AvgIpc) is 2.77. The number of carbonyl (C=O) groups is 1. The molecule has 0 spiro atoms.